The number of carbonyl (C=O) groups is 2. The maximum atomic E-state index is 11.5. The minimum absolute atomic E-state index is 0.0197. The summed E-state index contributed by atoms with van der Waals surface area (Å²) >= 11 is 4.24. The lowest BCUT2D eigenvalue weighted by atomic mass is 9.97. The van der Waals surface area contributed by atoms with Crippen LogP contribution in [-0.4, -0.2) is 11.6 Å². The van der Waals surface area contributed by atoms with Crippen molar-refractivity contribution in [2.75, 3.05) is 0 Å². The number of Topliss-reactive ketones (excluding diaryl/α,β-unsaturated/α-hetero) is 2. The van der Waals surface area contributed by atoms with Gasteiger partial charge in [-0.3, -0.25) is 9.59 Å². The summed E-state index contributed by atoms with van der Waals surface area (Å²) in [5.74, 6) is 0.0394. The van der Waals surface area contributed by atoms with Crippen LogP contribution in [0.4, 0.5) is 0 Å². The minimum atomic E-state index is 0.0197. The lowest BCUT2D eigenvalue weighted by molar-refractivity contribution is 0.100. The van der Waals surface area contributed by atoms with Crippen molar-refractivity contribution in [1.82, 2.24) is 0 Å². The smallest absolute Gasteiger partial charge is 0.160 e. The van der Waals surface area contributed by atoms with Crippen molar-refractivity contribution in [3.63, 3.8) is 0 Å². The summed E-state index contributed by atoms with van der Waals surface area (Å²) in [7, 11) is 0. The second-order valence-corrected chi connectivity index (χ2v) is 3.82. The van der Waals surface area contributed by atoms with Crippen molar-refractivity contribution in [1.29, 1.82) is 0 Å². The van der Waals surface area contributed by atoms with E-state index in [1.165, 1.54) is 13.8 Å². The Morgan fingerprint density at radius 1 is 0.778 bits per heavy atom. The van der Waals surface area contributed by atoms with Crippen LogP contribution in [0.5, 0.6) is 0 Å². The Hall–Kier alpha value is -0.500. The zero-order chi connectivity index (χ0) is 13.7. The van der Waals surface area contributed by atoms with E-state index in [1.807, 2.05) is 24.3 Å². The molecule has 0 unspecified atom stereocenters. The van der Waals surface area contributed by atoms with Gasteiger partial charge >= 0.3 is 0 Å². The quantitative estimate of drug-likeness (QED) is 0.461. The van der Waals surface area contributed by atoms with E-state index in [4.69, 9.17) is 0 Å². The van der Waals surface area contributed by atoms with E-state index in [-0.39, 0.29) is 11.6 Å². The molecule has 0 fully saturated rings. The van der Waals surface area contributed by atoms with Gasteiger partial charge in [0.1, 0.15) is 0 Å². The molecule has 0 radical (unpaired) electrons. The van der Waals surface area contributed by atoms with Gasteiger partial charge in [-0.1, -0.05) is 36.4 Å². The summed E-state index contributed by atoms with van der Waals surface area (Å²) in [5.41, 5.74) is 1.33. The molecule has 2 nitrogen and oxygen atoms in total. The molecule has 94 valence electrons. The van der Waals surface area contributed by atoms with E-state index >= 15 is 0 Å². The van der Waals surface area contributed by atoms with Crippen LogP contribution in [0.15, 0.2) is 36.4 Å². The van der Waals surface area contributed by atoms with Crippen LogP contribution >= 0.6 is 37.2 Å². The van der Waals surface area contributed by atoms with Gasteiger partial charge in [-0.05, 0) is 24.6 Å². The van der Waals surface area contributed by atoms with Crippen molar-refractivity contribution in [3.05, 3.63) is 47.5 Å². The minimum Gasteiger partial charge on any atom is -0.294 e. The van der Waals surface area contributed by atoms with Crippen LogP contribution in [0.2, 0.25) is 0 Å². The topological polar surface area (TPSA) is 34.1 Å². The first-order chi connectivity index (χ1) is 8.61. The average molecular weight is 466 g/mol. The summed E-state index contributed by atoms with van der Waals surface area (Å²) in [6, 6.07) is 10.9. The molecule has 0 saturated carbocycles. The first-order valence-electron chi connectivity index (χ1n) is 5.29. The van der Waals surface area contributed by atoms with Crippen molar-refractivity contribution >= 4 is 59.6 Å². The van der Waals surface area contributed by atoms with Gasteiger partial charge in [0.05, 0.1) is 0 Å². The Balaban J connectivity index is 0.000000771. The van der Waals surface area contributed by atoms with Crippen molar-refractivity contribution in [2.24, 2.45) is 0 Å². The Bertz CT molecular complexity index is 538. The molecule has 0 heterocycles. The Morgan fingerprint density at radius 3 is 1.39 bits per heavy atom. The molecule has 0 atom stereocenters. The fraction of sp³-hybridized carbons (Fsp3) is 0.143. The molecule has 2 aromatic rings. The molecule has 0 aliphatic heterocycles. The molecule has 0 N–H and O–H groups in total. The fourth-order valence-corrected chi connectivity index (χ4v) is 1.92. The highest BCUT2D eigenvalue weighted by Crippen LogP contribution is 2.23. The van der Waals surface area contributed by atoms with E-state index in [0.29, 0.717) is 11.1 Å². The monoisotopic (exact) mass is 466 g/mol. The third-order valence-electron chi connectivity index (χ3n) is 2.68. The van der Waals surface area contributed by atoms with Crippen molar-refractivity contribution in [3.8, 4) is 0 Å². The van der Waals surface area contributed by atoms with Gasteiger partial charge in [0, 0.05) is 48.4 Å². The number of hydrogen-bond donors (Lipinski definition) is 0. The average Bonchev–Trinajstić information content (AvgIpc) is 2.39. The van der Waals surface area contributed by atoms with Crippen LogP contribution in [0, 0.1) is 0 Å². The first kappa shape index (κ1) is 15.6. The standard InChI is InChI=1S/C14H12O2.I2/c1-9(15)11-5-3-8-14-12(10(2)16)6-4-7-13(11)14;1-2/h3-8H,1-2H3;. The molecule has 0 bridgehead atoms. The fourth-order valence-electron chi connectivity index (χ4n) is 1.92. The number of hydrogen-bond acceptors (Lipinski definition) is 2. The van der Waals surface area contributed by atoms with Crippen LogP contribution in [-0.2, 0) is 0 Å². The summed E-state index contributed by atoms with van der Waals surface area (Å²) < 4.78 is 0. The highest BCUT2D eigenvalue weighted by molar-refractivity contribution is 15.0. The maximum absolute atomic E-state index is 11.5. The van der Waals surface area contributed by atoms with E-state index in [2.05, 4.69) is 37.2 Å². The molecule has 18 heavy (non-hydrogen) atoms. The highest BCUT2D eigenvalue weighted by atomic mass is 128. The van der Waals surface area contributed by atoms with Gasteiger partial charge in [0.2, 0.25) is 0 Å². The zero-order valence-electron chi connectivity index (χ0n) is 10.0. The molecule has 2 rings (SSSR count). The van der Waals surface area contributed by atoms with E-state index < -0.39 is 0 Å². The van der Waals surface area contributed by atoms with E-state index in [9.17, 15) is 9.59 Å². The van der Waals surface area contributed by atoms with Crippen molar-refractivity contribution < 1.29 is 9.59 Å². The van der Waals surface area contributed by atoms with Gasteiger partial charge in [0.15, 0.2) is 11.6 Å². The van der Waals surface area contributed by atoms with Crippen LogP contribution in [0.3, 0.4) is 0 Å². The number of halogens is 2. The van der Waals surface area contributed by atoms with Crippen molar-refractivity contribution in [2.45, 2.75) is 13.8 Å². The second-order valence-electron chi connectivity index (χ2n) is 3.82. The molecule has 0 amide bonds. The summed E-state index contributed by atoms with van der Waals surface area (Å²) in [6.45, 7) is 3.07. The number of fused-ring (bicyclic) bond motifs is 1. The molecule has 0 aliphatic carbocycles. The molecule has 0 saturated heterocycles. The van der Waals surface area contributed by atoms with Gasteiger partial charge in [-0.2, -0.15) is 0 Å². The first-order valence-corrected chi connectivity index (χ1v) is 11.6. The van der Waals surface area contributed by atoms with E-state index in [0.717, 1.165) is 10.8 Å². The number of ketones is 2. The molecule has 0 aromatic heterocycles. The maximum Gasteiger partial charge on any atom is 0.160 e. The zero-order valence-corrected chi connectivity index (χ0v) is 14.4. The Kier molecular flexibility index (Phi) is 6.20. The van der Waals surface area contributed by atoms with Crippen LogP contribution < -0.4 is 0 Å². The molecular formula is C14H12I2O2. The summed E-state index contributed by atoms with van der Waals surface area (Å²) in [6.07, 6.45) is 0. The third kappa shape index (κ3) is 3.28. The van der Waals surface area contributed by atoms with E-state index in [1.54, 1.807) is 12.1 Å². The molecular weight excluding hydrogens is 454 g/mol. The largest absolute Gasteiger partial charge is 0.294 e. The number of carbonyl (C=O) groups excluding carboxylic acids is 2. The molecule has 4 heteroatoms. The highest BCUT2D eigenvalue weighted by Gasteiger charge is 2.09. The van der Waals surface area contributed by atoms with Crippen LogP contribution in [0.25, 0.3) is 10.8 Å². The summed E-state index contributed by atoms with van der Waals surface area (Å²) in [5, 5.41) is 1.70. The second kappa shape index (κ2) is 7.18. The molecule has 0 aliphatic rings. The third-order valence-corrected chi connectivity index (χ3v) is 2.68. The predicted octanol–water partition coefficient (Wildman–Crippen LogP) is 5.02. The van der Waals surface area contributed by atoms with Gasteiger partial charge in [0.25, 0.3) is 0 Å². The van der Waals surface area contributed by atoms with Crippen LogP contribution in [0.1, 0.15) is 34.6 Å². The number of benzene rings is 2. The predicted molar refractivity (Wildman–Crippen MR) is 92.0 cm³/mol. The SMILES string of the molecule is CC(=O)c1cccc2c(C(C)=O)cccc12.II. The lowest BCUT2D eigenvalue weighted by Gasteiger charge is -2.06. The van der Waals surface area contributed by atoms with Gasteiger partial charge in [-0.15, -0.1) is 0 Å². The van der Waals surface area contributed by atoms with Gasteiger partial charge < -0.3 is 0 Å². The van der Waals surface area contributed by atoms with Gasteiger partial charge in [-0.25, -0.2) is 0 Å². The normalized spacial score (nSPS) is 9.56. The Labute approximate surface area is 129 Å². The lowest BCUT2D eigenvalue weighted by Crippen LogP contribution is -1.97. The Morgan fingerprint density at radius 2 is 1.11 bits per heavy atom. The number of rotatable bonds is 2. The summed E-state index contributed by atoms with van der Waals surface area (Å²) in [4.78, 5) is 22.9. The molecule has 2 aromatic carbocycles. The molecule has 0 spiro atoms.